The molecule has 2 aromatic rings. The van der Waals surface area contributed by atoms with Gasteiger partial charge in [-0.05, 0) is 42.7 Å². The lowest BCUT2D eigenvalue weighted by Gasteiger charge is -2.12. The number of carbonyl (C=O) groups excluding carboxylic acids is 1. The van der Waals surface area contributed by atoms with Gasteiger partial charge in [0, 0.05) is 11.3 Å². The van der Waals surface area contributed by atoms with Gasteiger partial charge in [-0.1, -0.05) is 37.6 Å². The summed E-state index contributed by atoms with van der Waals surface area (Å²) in [7, 11) is 1.31. The second-order valence-corrected chi connectivity index (χ2v) is 6.18. The van der Waals surface area contributed by atoms with Crippen molar-refractivity contribution in [2.45, 2.75) is 32.8 Å². The summed E-state index contributed by atoms with van der Waals surface area (Å²) in [5, 5.41) is 12.0. The van der Waals surface area contributed by atoms with E-state index < -0.39 is 12.5 Å². The highest BCUT2D eigenvalue weighted by atomic mass is 19.3. The number of hydrogen-bond acceptors (Lipinski definition) is 4. The van der Waals surface area contributed by atoms with Crippen LogP contribution in [0.3, 0.4) is 0 Å². The molecule has 0 radical (unpaired) electrons. The molecule has 0 saturated heterocycles. The number of halogens is 2. The van der Waals surface area contributed by atoms with E-state index in [1.165, 1.54) is 25.3 Å². The zero-order valence-electron chi connectivity index (χ0n) is 16.2. The van der Waals surface area contributed by atoms with Gasteiger partial charge in [-0.25, -0.2) is 0 Å². The lowest BCUT2D eigenvalue weighted by Crippen LogP contribution is -2.13. The Kier molecular flexibility index (Phi) is 8.16. The zero-order valence-corrected chi connectivity index (χ0v) is 16.2. The van der Waals surface area contributed by atoms with Crippen LogP contribution in [0.1, 0.15) is 30.9 Å². The summed E-state index contributed by atoms with van der Waals surface area (Å²) in [6.07, 6.45) is 4.31. The standard InChI is InChI=1S/C22H22F2N2O3/c1-3-4-6-15-9-11-18(12-10-15)26-21(27)17(14-25)13-16-7-5-8-19(28-2)20(16)29-22(23)24/h5,7-13,22H,3-4,6H2,1-2H3,(H,26,27)/b17-13+. The fourth-order valence-electron chi connectivity index (χ4n) is 2.66. The minimum atomic E-state index is -3.08. The molecule has 0 aliphatic carbocycles. The predicted molar refractivity (Wildman–Crippen MR) is 107 cm³/mol. The fourth-order valence-corrected chi connectivity index (χ4v) is 2.66. The first-order valence-corrected chi connectivity index (χ1v) is 9.12. The average Bonchev–Trinajstić information content (AvgIpc) is 2.71. The van der Waals surface area contributed by atoms with Crippen molar-refractivity contribution in [1.82, 2.24) is 0 Å². The number of amides is 1. The molecule has 0 saturated carbocycles. The monoisotopic (exact) mass is 400 g/mol. The smallest absolute Gasteiger partial charge is 0.387 e. The van der Waals surface area contributed by atoms with Crippen LogP contribution in [0.4, 0.5) is 14.5 Å². The van der Waals surface area contributed by atoms with Gasteiger partial charge in [0.25, 0.3) is 5.91 Å². The van der Waals surface area contributed by atoms with E-state index in [0.717, 1.165) is 24.8 Å². The molecule has 5 nitrogen and oxygen atoms in total. The highest BCUT2D eigenvalue weighted by Crippen LogP contribution is 2.34. The number of rotatable bonds is 9. The fraction of sp³-hybridized carbons (Fsp3) is 0.273. The van der Waals surface area contributed by atoms with E-state index in [2.05, 4.69) is 17.0 Å². The number of carbonyl (C=O) groups is 1. The Labute approximate surface area is 168 Å². The minimum absolute atomic E-state index is 0.0689. The van der Waals surface area contributed by atoms with Crippen LogP contribution in [-0.4, -0.2) is 19.6 Å². The molecule has 0 unspecified atom stereocenters. The number of hydrogen-bond donors (Lipinski definition) is 1. The van der Waals surface area contributed by atoms with E-state index in [-0.39, 0.29) is 22.6 Å². The molecule has 29 heavy (non-hydrogen) atoms. The largest absolute Gasteiger partial charge is 0.493 e. The summed E-state index contributed by atoms with van der Waals surface area (Å²) < 4.78 is 35.0. The van der Waals surface area contributed by atoms with E-state index in [0.29, 0.717) is 5.69 Å². The molecule has 152 valence electrons. The number of unbranched alkanes of at least 4 members (excludes halogenated alkanes) is 1. The number of nitrogens with one attached hydrogen (secondary N) is 1. The van der Waals surface area contributed by atoms with E-state index in [9.17, 15) is 18.8 Å². The first-order chi connectivity index (χ1) is 14.0. The molecule has 2 rings (SSSR count). The summed E-state index contributed by atoms with van der Waals surface area (Å²) in [6.45, 7) is -0.964. The molecule has 1 N–H and O–H groups in total. The van der Waals surface area contributed by atoms with Crippen LogP contribution >= 0.6 is 0 Å². The highest BCUT2D eigenvalue weighted by molar-refractivity contribution is 6.09. The normalized spacial score (nSPS) is 11.1. The Balaban J connectivity index is 2.23. The molecule has 0 bridgehead atoms. The molecular weight excluding hydrogens is 378 g/mol. The van der Waals surface area contributed by atoms with Gasteiger partial charge in [-0.2, -0.15) is 14.0 Å². The van der Waals surface area contributed by atoms with Gasteiger partial charge in [-0.15, -0.1) is 0 Å². The van der Waals surface area contributed by atoms with E-state index >= 15 is 0 Å². The Morgan fingerprint density at radius 1 is 1.24 bits per heavy atom. The van der Waals surface area contributed by atoms with Gasteiger partial charge in [0.2, 0.25) is 0 Å². The first-order valence-electron chi connectivity index (χ1n) is 9.12. The lowest BCUT2D eigenvalue weighted by molar-refractivity contribution is -0.112. The van der Waals surface area contributed by atoms with Crippen LogP contribution in [0.15, 0.2) is 48.0 Å². The van der Waals surface area contributed by atoms with E-state index in [1.807, 2.05) is 12.1 Å². The van der Waals surface area contributed by atoms with Gasteiger partial charge in [0.1, 0.15) is 11.6 Å². The molecule has 1 amide bonds. The third-order valence-corrected chi connectivity index (χ3v) is 4.13. The van der Waals surface area contributed by atoms with Crippen molar-refractivity contribution < 1.29 is 23.0 Å². The number of nitrogens with zero attached hydrogens (tertiary/aromatic N) is 1. The van der Waals surface area contributed by atoms with Crippen molar-refractivity contribution in [3.05, 3.63) is 59.2 Å². The summed E-state index contributed by atoms with van der Waals surface area (Å²) >= 11 is 0. The van der Waals surface area contributed by atoms with Crippen LogP contribution in [0.25, 0.3) is 6.08 Å². The van der Waals surface area contributed by atoms with Crippen molar-refractivity contribution in [2.24, 2.45) is 0 Å². The van der Waals surface area contributed by atoms with Gasteiger partial charge in [-0.3, -0.25) is 4.79 Å². The van der Waals surface area contributed by atoms with Gasteiger partial charge >= 0.3 is 6.61 Å². The molecular formula is C22H22F2N2O3. The van der Waals surface area contributed by atoms with E-state index in [4.69, 9.17) is 4.74 Å². The number of ether oxygens (including phenoxy) is 2. The van der Waals surface area contributed by atoms with Crippen molar-refractivity contribution in [3.63, 3.8) is 0 Å². The molecule has 2 aromatic carbocycles. The molecule has 0 spiro atoms. The van der Waals surface area contributed by atoms with Crippen LogP contribution in [0, 0.1) is 11.3 Å². The van der Waals surface area contributed by atoms with Crippen LogP contribution < -0.4 is 14.8 Å². The van der Waals surface area contributed by atoms with Gasteiger partial charge in [0.05, 0.1) is 7.11 Å². The third-order valence-electron chi connectivity index (χ3n) is 4.13. The maximum absolute atomic E-state index is 12.7. The lowest BCUT2D eigenvalue weighted by atomic mass is 10.1. The van der Waals surface area contributed by atoms with E-state index in [1.54, 1.807) is 24.3 Å². The quantitative estimate of drug-likeness (QED) is 0.465. The highest BCUT2D eigenvalue weighted by Gasteiger charge is 2.17. The summed E-state index contributed by atoms with van der Waals surface area (Å²) in [4.78, 5) is 12.5. The summed E-state index contributed by atoms with van der Waals surface area (Å²) in [5.74, 6) is -0.829. The molecule has 0 fully saturated rings. The summed E-state index contributed by atoms with van der Waals surface area (Å²) in [6, 6.07) is 13.6. The summed E-state index contributed by atoms with van der Waals surface area (Å²) in [5.41, 5.74) is 1.57. The Morgan fingerprint density at radius 3 is 2.55 bits per heavy atom. The Bertz CT molecular complexity index is 903. The second-order valence-electron chi connectivity index (χ2n) is 6.18. The Hall–Kier alpha value is -3.40. The average molecular weight is 400 g/mol. The number of methoxy groups -OCH3 is 1. The zero-order chi connectivity index (χ0) is 21.2. The number of para-hydroxylation sites is 1. The number of alkyl halides is 2. The molecule has 0 atom stereocenters. The molecule has 0 heterocycles. The molecule has 0 aliphatic heterocycles. The van der Waals surface area contributed by atoms with Crippen LogP contribution in [0.5, 0.6) is 11.5 Å². The Morgan fingerprint density at radius 2 is 1.97 bits per heavy atom. The number of anilines is 1. The molecule has 0 aromatic heterocycles. The van der Waals surface area contributed by atoms with Gasteiger partial charge < -0.3 is 14.8 Å². The van der Waals surface area contributed by atoms with Crippen LogP contribution in [0.2, 0.25) is 0 Å². The molecule has 7 heteroatoms. The van der Waals surface area contributed by atoms with Crippen molar-refractivity contribution in [1.29, 1.82) is 5.26 Å². The van der Waals surface area contributed by atoms with Crippen molar-refractivity contribution >= 4 is 17.7 Å². The topological polar surface area (TPSA) is 71.4 Å². The SMILES string of the molecule is CCCCc1ccc(NC(=O)/C(C#N)=C/c2cccc(OC)c2OC(F)F)cc1. The number of benzene rings is 2. The predicted octanol–water partition coefficient (Wildman–Crippen LogP) is 5.18. The maximum Gasteiger partial charge on any atom is 0.387 e. The number of nitriles is 1. The maximum atomic E-state index is 12.7. The van der Waals surface area contributed by atoms with Crippen molar-refractivity contribution in [2.75, 3.05) is 12.4 Å². The molecule has 0 aliphatic rings. The minimum Gasteiger partial charge on any atom is -0.493 e. The van der Waals surface area contributed by atoms with Crippen molar-refractivity contribution in [3.8, 4) is 17.6 Å². The van der Waals surface area contributed by atoms with Gasteiger partial charge in [0.15, 0.2) is 11.5 Å². The number of aryl methyl sites for hydroxylation is 1. The van der Waals surface area contributed by atoms with Crippen LogP contribution in [-0.2, 0) is 11.2 Å². The second kappa shape index (κ2) is 10.8. The third kappa shape index (κ3) is 6.32. The first kappa shape index (κ1) is 21.9.